The fourth-order valence-corrected chi connectivity index (χ4v) is 2.83. The number of benzene rings is 1. The molecule has 1 aromatic rings. The highest BCUT2D eigenvalue weighted by molar-refractivity contribution is 7.89. The van der Waals surface area contributed by atoms with E-state index in [-0.39, 0.29) is 0 Å². The van der Waals surface area contributed by atoms with Crippen LogP contribution >= 0.6 is 0 Å². The van der Waals surface area contributed by atoms with E-state index in [1.807, 2.05) is 26.1 Å². The number of rotatable bonds is 10. The second-order valence-electron chi connectivity index (χ2n) is 5.11. The number of hydrogen-bond acceptors (Lipinski definition) is 4. The minimum atomic E-state index is -3.40. The number of nitrogens with zero attached hydrogens (tertiary/aromatic N) is 1. The van der Waals surface area contributed by atoms with E-state index in [4.69, 9.17) is 0 Å². The van der Waals surface area contributed by atoms with Crippen LogP contribution in [0, 0.1) is 0 Å². The molecule has 120 valence electrons. The van der Waals surface area contributed by atoms with Gasteiger partial charge >= 0.3 is 0 Å². The molecule has 0 heterocycles. The second kappa shape index (κ2) is 9.15. The molecule has 0 aliphatic carbocycles. The van der Waals surface area contributed by atoms with Crippen molar-refractivity contribution >= 4 is 10.0 Å². The predicted octanol–water partition coefficient (Wildman–Crippen LogP) is 1.42. The maximum Gasteiger partial charge on any atom is 0.240 e. The van der Waals surface area contributed by atoms with Crippen molar-refractivity contribution in [2.24, 2.45) is 0 Å². The van der Waals surface area contributed by atoms with Crippen molar-refractivity contribution in [2.45, 2.75) is 31.7 Å². The lowest BCUT2D eigenvalue weighted by Gasteiger charge is -2.14. The Morgan fingerprint density at radius 2 is 1.76 bits per heavy atom. The van der Waals surface area contributed by atoms with Gasteiger partial charge in [0.15, 0.2) is 0 Å². The predicted molar refractivity (Wildman–Crippen MR) is 86.8 cm³/mol. The molecule has 6 heteroatoms. The van der Waals surface area contributed by atoms with Crippen LogP contribution in [0.3, 0.4) is 0 Å². The van der Waals surface area contributed by atoms with Crippen LogP contribution < -0.4 is 10.0 Å². The molecule has 2 N–H and O–H groups in total. The summed E-state index contributed by atoms with van der Waals surface area (Å²) in [5, 5.41) is 3.29. The Morgan fingerprint density at radius 1 is 1.10 bits per heavy atom. The third-order valence-corrected chi connectivity index (χ3v) is 4.79. The minimum Gasteiger partial charge on any atom is -0.313 e. The van der Waals surface area contributed by atoms with Gasteiger partial charge in [0.1, 0.15) is 0 Å². The molecular weight excluding hydrogens is 286 g/mol. The van der Waals surface area contributed by atoms with E-state index in [2.05, 4.69) is 21.9 Å². The maximum atomic E-state index is 12.1. The Labute approximate surface area is 128 Å². The van der Waals surface area contributed by atoms with Crippen molar-refractivity contribution in [3.63, 3.8) is 0 Å². The van der Waals surface area contributed by atoms with Crippen LogP contribution in [0.1, 0.15) is 25.8 Å². The monoisotopic (exact) mass is 313 g/mol. The molecule has 1 aromatic carbocycles. The van der Waals surface area contributed by atoms with Gasteiger partial charge in [-0.05, 0) is 44.3 Å². The summed E-state index contributed by atoms with van der Waals surface area (Å²) in [5.41, 5.74) is 1.09. The van der Waals surface area contributed by atoms with Gasteiger partial charge in [-0.2, -0.15) is 0 Å². The molecule has 0 saturated heterocycles. The first-order chi connectivity index (χ1) is 9.99. The Balaban J connectivity index is 2.54. The summed E-state index contributed by atoms with van der Waals surface area (Å²) in [6, 6.07) is 7.04. The third kappa shape index (κ3) is 6.56. The molecule has 0 radical (unpaired) electrons. The minimum absolute atomic E-state index is 0.320. The van der Waals surface area contributed by atoms with Gasteiger partial charge < -0.3 is 10.2 Å². The average molecular weight is 313 g/mol. The lowest BCUT2D eigenvalue weighted by atomic mass is 10.2. The topological polar surface area (TPSA) is 61.4 Å². The standard InChI is InChI=1S/C15H27N3O2S/c1-4-10-16-13-14-6-8-15(9-7-14)21(19,20)17-11-12-18(3)5-2/h6-9,16-17H,4-5,10-13H2,1-3H3. The summed E-state index contributed by atoms with van der Waals surface area (Å²) in [4.78, 5) is 2.38. The van der Waals surface area contributed by atoms with E-state index in [1.165, 1.54) is 0 Å². The van der Waals surface area contributed by atoms with E-state index in [0.29, 0.717) is 18.0 Å². The Bertz CT molecular complexity index is 500. The summed E-state index contributed by atoms with van der Waals surface area (Å²) in [6.45, 7) is 7.92. The molecule has 1 rings (SSSR count). The summed E-state index contributed by atoms with van der Waals surface area (Å²) >= 11 is 0. The first-order valence-electron chi connectivity index (χ1n) is 7.47. The number of hydrogen-bond donors (Lipinski definition) is 2. The van der Waals surface area contributed by atoms with Crippen molar-refractivity contribution in [1.82, 2.24) is 14.9 Å². The van der Waals surface area contributed by atoms with Crippen LogP contribution in [0.15, 0.2) is 29.2 Å². The molecule has 0 unspecified atom stereocenters. The van der Waals surface area contributed by atoms with Gasteiger partial charge in [-0.3, -0.25) is 0 Å². The van der Waals surface area contributed by atoms with E-state index < -0.39 is 10.0 Å². The zero-order valence-electron chi connectivity index (χ0n) is 13.2. The van der Waals surface area contributed by atoms with Gasteiger partial charge in [-0.1, -0.05) is 26.0 Å². The summed E-state index contributed by atoms with van der Waals surface area (Å²) < 4.78 is 26.9. The molecule has 0 spiro atoms. The molecule has 0 fully saturated rings. The summed E-state index contributed by atoms with van der Waals surface area (Å²) in [5.74, 6) is 0. The Hall–Kier alpha value is -0.950. The summed E-state index contributed by atoms with van der Waals surface area (Å²) in [6.07, 6.45) is 1.09. The first kappa shape index (κ1) is 18.1. The molecule has 21 heavy (non-hydrogen) atoms. The van der Waals surface area contributed by atoms with Gasteiger partial charge in [0.05, 0.1) is 4.90 Å². The molecule has 0 bridgehead atoms. The molecular formula is C15H27N3O2S. The molecule has 0 aliphatic rings. The molecule has 0 amide bonds. The van der Waals surface area contributed by atoms with Crippen LogP contribution in [-0.4, -0.2) is 46.5 Å². The van der Waals surface area contributed by atoms with Crippen molar-refractivity contribution in [3.8, 4) is 0 Å². The van der Waals surface area contributed by atoms with Crippen molar-refractivity contribution in [2.75, 3.05) is 33.2 Å². The van der Waals surface area contributed by atoms with Crippen molar-refractivity contribution in [1.29, 1.82) is 0 Å². The fourth-order valence-electron chi connectivity index (χ4n) is 1.81. The lowest BCUT2D eigenvalue weighted by molar-refractivity contribution is 0.358. The van der Waals surface area contributed by atoms with Gasteiger partial charge in [0, 0.05) is 19.6 Å². The third-order valence-electron chi connectivity index (χ3n) is 3.31. The Kier molecular flexibility index (Phi) is 7.88. The highest BCUT2D eigenvalue weighted by Gasteiger charge is 2.13. The number of nitrogens with one attached hydrogen (secondary N) is 2. The zero-order chi connectivity index (χ0) is 15.7. The zero-order valence-corrected chi connectivity index (χ0v) is 14.0. The van der Waals surface area contributed by atoms with Crippen LogP contribution in [0.25, 0.3) is 0 Å². The average Bonchev–Trinajstić information content (AvgIpc) is 2.47. The van der Waals surface area contributed by atoms with E-state index in [0.717, 1.165) is 31.6 Å². The first-order valence-corrected chi connectivity index (χ1v) is 8.95. The quantitative estimate of drug-likeness (QED) is 0.641. The van der Waals surface area contributed by atoms with E-state index in [9.17, 15) is 8.42 Å². The van der Waals surface area contributed by atoms with Crippen LogP contribution in [0.5, 0.6) is 0 Å². The van der Waals surface area contributed by atoms with Gasteiger partial charge in [-0.15, -0.1) is 0 Å². The van der Waals surface area contributed by atoms with E-state index in [1.54, 1.807) is 12.1 Å². The van der Waals surface area contributed by atoms with Gasteiger partial charge in [0.25, 0.3) is 0 Å². The highest BCUT2D eigenvalue weighted by Crippen LogP contribution is 2.10. The number of sulfonamides is 1. The van der Waals surface area contributed by atoms with Gasteiger partial charge in [0.2, 0.25) is 10.0 Å². The number of likely N-dealkylation sites (N-methyl/N-ethyl adjacent to an activating group) is 1. The second-order valence-corrected chi connectivity index (χ2v) is 6.88. The smallest absolute Gasteiger partial charge is 0.240 e. The van der Waals surface area contributed by atoms with Crippen molar-refractivity contribution in [3.05, 3.63) is 29.8 Å². The summed E-state index contributed by atoms with van der Waals surface area (Å²) in [7, 11) is -1.44. The van der Waals surface area contributed by atoms with Crippen molar-refractivity contribution < 1.29 is 8.42 Å². The highest BCUT2D eigenvalue weighted by atomic mass is 32.2. The van der Waals surface area contributed by atoms with Gasteiger partial charge in [-0.25, -0.2) is 13.1 Å². The molecule has 0 aliphatic heterocycles. The largest absolute Gasteiger partial charge is 0.313 e. The van der Waals surface area contributed by atoms with Crippen LogP contribution in [0.4, 0.5) is 0 Å². The Morgan fingerprint density at radius 3 is 2.33 bits per heavy atom. The van der Waals surface area contributed by atoms with Crippen LogP contribution in [-0.2, 0) is 16.6 Å². The maximum absolute atomic E-state index is 12.1. The fraction of sp³-hybridized carbons (Fsp3) is 0.600. The lowest BCUT2D eigenvalue weighted by Crippen LogP contribution is -2.32. The van der Waals surface area contributed by atoms with E-state index >= 15 is 0 Å². The van der Waals surface area contributed by atoms with Crippen LogP contribution in [0.2, 0.25) is 0 Å². The molecule has 0 saturated carbocycles. The molecule has 0 atom stereocenters. The SMILES string of the molecule is CCCNCc1ccc(S(=O)(=O)NCCN(C)CC)cc1. The molecule has 5 nitrogen and oxygen atoms in total. The molecule has 0 aromatic heterocycles. The normalized spacial score (nSPS) is 12.0.